The minimum Gasteiger partial charge on any atom is -1.00 e. The van der Waals surface area contributed by atoms with E-state index in [0.717, 1.165) is 11.3 Å². The Balaban J connectivity index is 0.00000420. The molecule has 2 rings (SSSR count). The Bertz CT molecular complexity index is 966. The maximum absolute atomic E-state index is 12.6. The van der Waals surface area contributed by atoms with Crippen LogP contribution in [0.2, 0.25) is 0 Å². The van der Waals surface area contributed by atoms with Gasteiger partial charge < -0.3 is 22.4 Å². The molecule has 0 spiro atoms. The number of anilines is 1. The summed E-state index contributed by atoms with van der Waals surface area (Å²) in [6.45, 7) is 3.69. The van der Waals surface area contributed by atoms with Gasteiger partial charge in [-0.1, -0.05) is 5.16 Å². The van der Waals surface area contributed by atoms with Crippen LogP contribution in [0, 0.1) is 0 Å². The van der Waals surface area contributed by atoms with Crippen LogP contribution in [0.4, 0.5) is 5.13 Å². The molecule has 0 radical (unpaired) electrons. The first-order chi connectivity index (χ1) is 12.8. The van der Waals surface area contributed by atoms with Crippen molar-refractivity contribution in [1.82, 2.24) is 14.6 Å². The largest absolute Gasteiger partial charge is 1.00 e. The summed E-state index contributed by atoms with van der Waals surface area (Å²) in [6.07, 6.45) is 0. The Morgan fingerprint density at radius 2 is 2.07 bits per heavy atom. The van der Waals surface area contributed by atoms with Crippen molar-refractivity contribution in [3.05, 3.63) is 11.1 Å². The molecule has 13 nitrogen and oxygen atoms in total. The molecule has 1 aliphatic heterocycles. The number of carbonyl (C=O) groups excluding carboxylic acids is 2. The van der Waals surface area contributed by atoms with Gasteiger partial charge in [-0.25, -0.2) is 14.1 Å². The zero-order chi connectivity index (χ0) is 21.4. The molecule has 0 unspecified atom stereocenters. The predicted molar refractivity (Wildman–Crippen MR) is 96.8 cm³/mol. The zero-order valence-electron chi connectivity index (χ0n) is 16.8. The number of hydrogen-bond donors (Lipinski definition) is 4. The number of carbonyl (C=O) groups is 3. The van der Waals surface area contributed by atoms with E-state index in [-0.39, 0.29) is 46.1 Å². The minimum atomic E-state index is -4.76. The number of aliphatic carboxylic acids is 1. The van der Waals surface area contributed by atoms with Crippen molar-refractivity contribution in [3.63, 3.8) is 0 Å². The van der Waals surface area contributed by atoms with Crippen LogP contribution < -0.4 is 40.6 Å². The van der Waals surface area contributed by atoms with Crippen molar-refractivity contribution in [2.24, 2.45) is 5.16 Å². The maximum atomic E-state index is 12.6. The monoisotopic (exact) mass is 459 g/mol. The second-order valence-electron chi connectivity index (χ2n) is 6.22. The third-order valence-electron chi connectivity index (χ3n) is 3.73. The van der Waals surface area contributed by atoms with Gasteiger partial charge in [0.2, 0.25) is 5.60 Å². The van der Waals surface area contributed by atoms with Gasteiger partial charge in [0.25, 0.3) is 11.8 Å². The van der Waals surface area contributed by atoms with E-state index in [2.05, 4.69) is 15.5 Å². The molecule has 2 heterocycles. The van der Waals surface area contributed by atoms with E-state index in [1.807, 2.05) is 0 Å². The van der Waals surface area contributed by atoms with Gasteiger partial charge in [-0.05, 0) is 20.8 Å². The third kappa shape index (κ3) is 5.43. The van der Waals surface area contributed by atoms with Crippen LogP contribution in [0.25, 0.3) is 0 Å². The number of nitrogen functional groups attached to an aromatic ring is 1. The predicted octanol–water partition coefficient (Wildman–Crippen LogP) is -4.06. The molecular weight excluding hydrogens is 441 g/mol. The number of rotatable bonds is 7. The molecule has 1 aromatic heterocycles. The molecule has 5 N–H and O–H groups in total. The van der Waals surface area contributed by atoms with Crippen molar-refractivity contribution >= 4 is 50.3 Å². The zero-order valence-corrected chi connectivity index (χ0v) is 19.4. The van der Waals surface area contributed by atoms with Gasteiger partial charge in [-0.15, -0.1) is 11.3 Å². The molecule has 2 atom stereocenters. The number of nitrogens with two attached hydrogens (primary N) is 1. The fourth-order valence-corrected chi connectivity index (χ4v) is 3.54. The summed E-state index contributed by atoms with van der Waals surface area (Å²) in [6, 6.07) is -2.31. The molecule has 1 aromatic rings. The van der Waals surface area contributed by atoms with Gasteiger partial charge in [0.15, 0.2) is 10.8 Å². The number of oxime groups is 1. The SMILES string of the molecule is C[C@H]1[C@H](NC(=O)/C(=N\OC(C)(C)C(=O)O)c2csc(N)n2)C(=O)N1S(=O)(=O)O.[H-].[Na+]. The summed E-state index contributed by atoms with van der Waals surface area (Å²) in [5.74, 6) is -3.38. The van der Waals surface area contributed by atoms with Gasteiger partial charge in [0.05, 0.1) is 6.04 Å². The second-order valence-corrected chi connectivity index (χ2v) is 8.40. The van der Waals surface area contributed by atoms with E-state index in [1.165, 1.54) is 26.2 Å². The number of thiazole rings is 1. The number of β-lactam (4-membered cyclic amide) rings is 1. The quantitative estimate of drug-likeness (QED) is 0.102. The summed E-state index contributed by atoms with van der Waals surface area (Å²) >= 11 is 0.980. The first kappa shape index (κ1) is 25.3. The molecule has 1 fully saturated rings. The van der Waals surface area contributed by atoms with Crippen molar-refractivity contribution in [3.8, 4) is 0 Å². The number of hydrogen-bond acceptors (Lipinski definition) is 10. The molecule has 156 valence electrons. The smallest absolute Gasteiger partial charge is 1.00 e. The summed E-state index contributed by atoms with van der Waals surface area (Å²) < 4.78 is 31.4. The Kier molecular flexibility index (Phi) is 7.78. The number of carboxylic acids is 1. The fraction of sp³-hybridized carbons (Fsp3) is 0.462. The molecule has 2 amide bonds. The first-order valence-corrected chi connectivity index (χ1v) is 9.86. The van der Waals surface area contributed by atoms with Crippen LogP contribution in [0.15, 0.2) is 10.5 Å². The summed E-state index contributed by atoms with van der Waals surface area (Å²) in [5, 5.41) is 16.3. The number of amides is 2. The third-order valence-corrected chi connectivity index (χ3v) is 5.41. The van der Waals surface area contributed by atoms with Gasteiger partial charge in [-0.2, -0.15) is 8.42 Å². The Morgan fingerprint density at radius 3 is 2.48 bits per heavy atom. The van der Waals surface area contributed by atoms with E-state index in [4.69, 9.17) is 20.2 Å². The summed E-state index contributed by atoms with van der Waals surface area (Å²) in [7, 11) is -4.76. The normalized spacial score (nSPS) is 19.8. The molecule has 29 heavy (non-hydrogen) atoms. The molecule has 0 bridgehead atoms. The number of carboxylic acid groups (broad SMARTS) is 1. The van der Waals surface area contributed by atoms with Crippen molar-refractivity contribution < 1.29 is 68.3 Å². The van der Waals surface area contributed by atoms with Crippen LogP contribution in [-0.2, 0) is 29.5 Å². The number of nitrogens with one attached hydrogen (secondary N) is 1. The van der Waals surface area contributed by atoms with Crippen LogP contribution in [-0.4, -0.2) is 68.5 Å². The number of nitrogens with zero attached hydrogens (tertiary/aromatic N) is 3. The van der Waals surface area contributed by atoms with Gasteiger partial charge in [-0.3, -0.25) is 14.1 Å². The van der Waals surface area contributed by atoms with Crippen LogP contribution in [0.1, 0.15) is 27.9 Å². The van der Waals surface area contributed by atoms with E-state index in [9.17, 15) is 22.8 Å². The van der Waals surface area contributed by atoms with Crippen molar-refractivity contribution in [2.45, 2.75) is 38.5 Å². The summed E-state index contributed by atoms with van der Waals surface area (Å²) in [4.78, 5) is 44.4. The van der Waals surface area contributed by atoms with Gasteiger partial charge in [0.1, 0.15) is 11.7 Å². The second kappa shape index (κ2) is 8.93. The average Bonchev–Trinajstić information content (AvgIpc) is 2.97. The Morgan fingerprint density at radius 1 is 1.48 bits per heavy atom. The van der Waals surface area contributed by atoms with Crippen LogP contribution in [0.5, 0.6) is 0 Å². The van der Waals surface area contributed by atoms with Crippen LogP contribution >= 0.6 is 11.3 Å². The number of aromatic nitrogens is 1. The van der Waals surface area contributed by atoms with E-state index < -0.39 is 51.5 Å². The Hall–Kier alpha value is -1.78. The molecule has 16 heteroatoms. The molecule has 0 saturated carbocycles. The van der Waals surface area contributed by atoms with Gasteiger partial charge in [0, 0.05) is 5.38 Å². The van der Waals surface area contributed by atoms with Crippen molar-refractivity contribution in [1.29, 1.82) is 0 Å². The van der Waals surface area contributed by atoms with E-state index in [0.29, 0.717) is 0 Å². The summed E-state index contributed by atoms with van der Waals surface area (Å²) in [5.41, 5.74) is 3.26. The molecule has 0 aromatic carbocycles. The van der Waals surface area contributed by atoms with Crippen LogP contribution in [0.3, 0.4) is 0 Å². The molecule has 1 saturated heterocycles. The van der Waals surface area contributed by atoms with Gasteiger partial charge >= 0.3 is 45.8 Å². The standard InChI is InChI=1S/C13H17N5O8S2.Na.H/c1-5-7(10(20)18(5)28(23,24)25)16-9(19)8(6-4-27-12(14)15-6)17-26-13(2,3)11(21)22;;/h4-5,7H,1-3H3,(H2,14,15)(H,16,19)(H,21,22)(H,23,24,25);;/q;+1;-1/b17-8-;;/t5-,7-;;/m0../s1. The Labute approximate surface area is 192 Å². The van der Waals surface area contributed by atoms with E-state index >= 15 is 0 Å². The molecule has 1 aliphatic rings. The first-order valence-electron chi connectivity index (χ1n) is 7.58. The van der Waals surface area contributed by atoms with E-state index in [1.54, 1.807) is 0 Å². The molecule has 0 aliphatic carbocycles. The topological polar surface area (TPSA) is 202 Å². The molecular formula is C13H18N5NaO8S2. The van der Waals surface area contributed by atoms with Crippen molar-refractivity contribution in [2.75, 3.05) is 5.73 Å². The fourth-order valence-electron chi connectivity index (χ4n) is 2.11. The maximum Gasteiger partial charge on any atom is 1.00 e. The minimum absolute atomic E-state index is 0. The average molecular weight is 459 g/mol.